The van der Waals surface area contributed by atoms with Gasteiger partial charge in [-0.05, 0) is 18.6 Å². The maximum atomic E-state index is 10.00. The second-order valence-electron chi connectivity index (χ2n) is 6.72. The summed E-state index contributed by atoms with van der Waals surface area (Å²) < 4.78 is 7.35. The zero-order valence-electron chi connectivity index (χ0n) is 15.0. The number of rotatable bonds is 8. The molecule has 1 aromatic heterocycles. The number of aliphatic hydroxyl groups excluding tert-OH is 4. The molecule has 4 atom stereocenters. The zero-order chi connectivity index (χ0) is 19.2. The highest BCUT2D eigenvalue weighted by molar-refractivity contribution is 5.21. The van der Waals surface area contributed by atoms with E-state index in [2.05, 4.69) is 10.3 Å². The van der Waals surface area contributed by atoms with E-state index in [-0.39, 0.29) is 13.2 Å². The second kappa shape index (κ2) is 9.25. The summed E-state index contributed by atoms with van der Waals surface area (Å²) in [6, 6.07) is 8.89. The van der Waals surface area contributed by atoms with E-state index in [9.17, 15) is 20.4 Å². The van der Waals surface area contributed by atoms with Crippen molar-refractivity contribution in [3.8, 4) is 5.75 Å². The fourth-order valence-corrected chi connectivity index (χ4v) is 3.26. The molecule has 0 spiro atoms. The van der Waals surface area contributed by atoms with Gasteiger partial charge in [0, 0.05) is 19.6 Å². The molecule has 0 bridgehead atoms. The number of piperidine rings is 1. The number of aryl methyl sites for hydroxylation is 1. The van der Waals surface area contributed by atoms with Gasteiger partial charge in [-0.25, -0.2) is 0 Å². The normalized spacial score (nSPS) is 26.2. The van der Waals surface area contributed by atoms with Gasteiger partial charge < -0.3 is 25.2 Å². The van der Waals surface area contributed by atoms with Crippen LogP contribution in [0.1, 0.15) is 12.1 Å². The van der Waals surface area contributed by atoms with E-state index in [4.69, 9.17) is 4.74 Å². The molecule has 0 saturated carbocycles. The predicted octanol–water partition coefficient (Wildman–Crippen LogP) is -0.994. The Morgan fingerprint density at radius 2 is 1.85 bits per heavy atom. The van der Waals surface area contributed by atoms with Gasteiger partial charge in [-0.1, -0.05) is 23.4 Å². The molecule has 1 aliphatic heterocycles. The van der Waals surface area contributed by atoms with Crippen molar-refractivity contribution in [3.63, 3.8) is 0 Å². The molecule has 9 nitrogen and oxygen atoms in total. The average Bonchev–Trinajstić information content (AvgIpc) is 3.13. The molecule has 2 heterocycles. The first kappa shape index (κ1) is 19.7. The Kier molecular flexibility index (Phi) is 6.75. The van der Waals surface area contributed by atoms with Gasteiger partial charge in [-0.2, -0.15) is 0 Å². The lowest BCUT2D eigenvalue weighted by Gasteiger charge is -2.43. The third kappa shape index (κ3) is 5.02. The van der Waals surface area contributed by atoms with Crippen LogP contribution in [0.3, 0.4) is 0 Å². The van der Waals surface area contributed by atoms with E-state index >= 15 is 0 Å². The summed E-state index contributed by atoms with van der Waals surface area (Å²) >= 11 is 0. The summed E-state index contributed by atoms with van der Waals surface area (Å²) in [5, 5.41) is 47.2. The minimum Gasteiger partial charge on any atom is -0.487 e. The smallest absolute Gasteiger partial charge is 0.134 e. The van der Waals surface area contributed by atoms with Gasteiger partial charge in [-0.3, -0.25) is 9.58 Å². The Labute approximate surface area is 157 Å². The van der Waals surface area contributed by atoms with Crippen LogP contribution >= 0.6 is 0 Å². The van der Waals surface area contributed by atoms with Crippen molar-refractivity contribution >= 4 is 0 Å². The highest BCUT2D eigenvalue weighted by Crippen LogP contribution is 2.19. The highest BCUT2D eigenvalue weighted by Gasteiger charge is 2.40. The largest absolute Gasteiger partial charge is 0.487 e. The van der Waals surface area contributed by atoms with Crippen molar-refractivity contribution in [1.29, 1.82) is 0 Å². The van der Waals surface area contributed by atoms with Crippen LogP contribution in [-0.2, 0) is 13.2 Å². The van der Waals surface area contributed by atoms with E-state index in [1.807, 2.05) is 36.5 Å². The Hall–Kier alpha value is -2.04. The van der Waals surface area contributed by atoms with E-state index in [1.165, 1.54) is 0 Å². The van der Waals surface area contributed by atoms with Gasteiger partial charge in [0.2, 0.25) is 0 Å². The molecular formula is C18H26N4O5. The molecule has 1 aromatic carbocycles. The summed E-state index contributed by atoms with van der Waals surface area (Å²) in [5.41, 5.74) is 0.721. The third-order valence-electron chi connectivity index (χ3n) is 4.76. The predicted molar refractivity (Wildman–Crippen MR) is 95.9 cm³/mol. The second-order valence-corrected chi connectivity index (χ2v) is 6.72. The monoisotopic (exact) mass is 378 g/mol. The number of β-amino-alcohol motifs (C(OH)–C–C–N with tert-alkyl or cyclic N) is 1. The minimum absolute atomic E-state index is 0.205. The number of likely N-dealkylation sites (tertiary alicyclic amines) is 1. The van der Waals surface area contributed by atoms with E-state index in [1.54, 1.807) is 9.58 Å². The summed E-state index contributed by atoms with van der Waals surface area (Å²) in [4.78, 5) is 1.79. The highest BCUT2D eigenvalue weighted by atomic mass is 16.5. The molecule has 1 aliphatic rings. The van der Waals surface area contributed by atoms with Crippen LogP contribution < -0.4 is 4.74 Å². The summed E-state index contributed by atoms with van der Waals surface area (Å²) in [7, 11) is 0. The molecule has 2 aromatic rings. The van der Waals surface area contributed by atoms with Crippen molar-refractivity contribution in [2.75, 3.05) is 19.7 Å². The molecule has 148 valence electrons. The van der Waals surface area contributed by atoms with Crippen LogP contribution in [0.25, 0.3) is 0 Å². The first-order chi connectivity index (χ1) is 13.1. The molecule has 0 unspecified atom stereocenters. The van der Waals surface area contributed by atoms with Crippen molar-refractivity contribution in [1.82, 2.24) is 19.9 Å². The number of ether oxygens (including phenoxy) is 1. The fourth-order valence-electron chi connectivity index (χ4n) is 3.26. The van der Waals surface area contributed by atoms with Crippen LogP contribution in [0.5, 0.6) is 5.75 Å². The molecule has 4 N–H and O–H groups in total. The van der Waals surface area contributed by atoms with E-state index in [0.29, 0.717) is 26.1 Å². The van der Waals surface area contributed by atoms with Gasteiger partial charge in [0.15, 0.2) is 0 Å². The van der Waals surface area contributed by atoms with E-state index < -0.39 is 24.4 Å². The van der Waals surface area contributed by atoms with Crippen molar-refractivity contribution in [2.24, 2.45) is 0 Å². The Morgan fingerprint density at radius 1 is 1.07 bits per heavy atom. The summed E-state index contributed by atoms with van der Waals surface area (Å²) in [6.07, 6.45) is -0.937. The SMILES string of the molecule is OC[C@@H]1[C@@H](O)[C@H](O)[C@@H](O)CN1CCCn1cc(COc2ccccc2)nn1. The topological polar surface area (TPSA) is 124 Å². The molecule has 3 rings (SSSR count). The summed E-state index contributed by atoms with van der Waals surface area (Å²) in [6.45, 7) is 1.40. The Morgan fingerprint density at radius 3 is 2.59 bits per heavy atom. The van der Waals surface area contributed by atoms with Gasteiger partial charge in [0.05, 0.1) is 24.9 Å². The van der Waals surface area contributed by atoms with Crippen LogP contribution in [0.2, 0.25) is 0 Å². The minimum atomic E-state index is -1.24. The van der Waals surface area contributed by atoms with Crippen molar-refractivity contribution < 1.29 is 25.2 Å². The molecule has 0 amide bonds. The maximum Gasteiger partial charge on any atom is 0.134 e. The Balaban J connectivity index is 1.46. The Bertz CT molecular complexity index is 698. The number of hydrogen-bond acceptors (Lipinski definition) is 8. The number of benzene rings is 1. The molecule has 0 radical (unpaired) electrons. The van der Waals surface area contributed by atoms with Crippen LogP contribution in [0.4, 0.5) is 0 Å². The van der Waals surface area contributed by atoms with Gasteiger partial charge >= 0.3 is 0 Å². The van der Waals surface area contributed by atoms with Crippen molar-refractivity contribution in [3.05, 3.63) is 42.2 Å². The lowest BCUT2D eigenvalue weighted by molar-refractivity contribution is -0.145. The van der Waals surface area contributed by atoms with Gasteiger partial charge in [-0.15, -0.1) is 5.10 Å². The lowest BCUT2D eigenvalue weighted by atomic mass is 9.94. The molecule has 27 heavy (non-hydrogen) atoms. The lowest BCUT2D eigenvalue weighted by Crippen LogP contribution is -2.62. The van der Waals surface area contributed by atoms with E-state index in [0.717, 1.165) is 11.4 Å². The average molecular weight is 378 g/mol. The van der Waals surface area contributed by atoms with Crippen LogP contribution in [0, 0.1) is 0 Å². The molecule has 1 saturated heterocycles. The number of aliphatic hydroxyl groups is 4. The molecule has 0 aliphatic carbocycles. The quantitative estimate of drug-likeness (QED) is 0.461. The first-order valence-corrected chi connectivity index (χ1v) is 9.04. The number of aromatic nitrogens is 3. The number of nitrogens with zero attached hydrogens (tertiary/aromatic N) is 4. The standard InChI is InChI=1S/C18H26N4O5/c23-11-15-17(25)18(26)16(24)10-21(15)7-4-8-22-9-13(19-20-22)12-27-14-5-2-1-3-6-14/h1-3,5-6,9,15-18,23-26H,4,7-8,10-12H2/t15-,16+,17-,18-/m1/s1. The summed E-state index contributed by atoms with van der Waals surface area (Å²) in [5.74, 6) is 0.770. The van der Waals surface area contributed by atoms with Gasteiger partial charge in [0.25, 0.3) is 0 Å². The third-order valence-corrected chi connectivity index (χ3v) is 4.76. The maximum absolute atomic E-state index is 10.00. The van der Waals surface area contributed by atoms with Crippen LogP contribution in [0.15, 0.2) is 36.5 Å². The fraction of sp³-hybridized carbons (Fsp3) is 0.556. The zero-order valence-corrected chi connectivity index (χ0v) is 15.0. The molecule has 1 fully saturated rings. The van der Waals surface area contributed by atoms with Crippen LogP contribution in [-0.4, -0.2) is 84.4 Å². The molecular weight excluding hydrogens is 352 g/mol. The van der Waals surface area contributed by atoms with Crippen molar-refractivity contribution in [2.45, 2.75) is 43.9 Å². The molecule has 9 heteroatoms. The number of hydrogen-bond donors (Lipinski definition) is 4. The first-order valence-electron chi connectivity index (χ1n) is 9.04. The number of para-hydroxylation sites is 1. The van der Waals surface area contributed by atoms with Gasteiger partial charge in [0.1, 0.15) is 30.3 Å².